The molecule has 2 N–H and O–H groups in total. The van der Waals surface area contributed by atoms with E-state index in [1.54, 1.807) is 0 Å². The summed E-state index contributed by atoms with van der Waals surface area (Å²) in [7, 11) is 0. The lowest BCUT2D eigenvalue weighted by Gasteiger charge is -2.21. The molecule has 1 heterocycles. The minimum Gasteiger partial charge on any atom is -0.395 e. The van der Waals surface area contributed by atoms with E-state index < -0.39 is 0 Å². The monoisotopic (exact) mass is 239 g/mol. The van der Waals surface area contributed by atoms with Crippen LogP contribution in [0.25, 0.3) is 0 Å². The summed E-state index contributed by atoms with van der Waals surface area (Å²) in [5, 5.41) is 16.9. The fourth-order valence-electron chi connectivity index (χ4n) is 1.92. The maximum Gasteiger partial charge on any atom is 0.0641 e. The van der Waals surface area contributed by atoms with E-state index in [1.807, 2.05) is 13.8 Å². The summed E-state index contributed by atoms with van der Waals surface area (Å²) in [6.07, 6.45) is 0. The van der Waals surface area contributed by atoms with Gasteiger partial charge in [0.15, 0.2) is 0 Å². The SMILES string of the molecule is Cc1nn(C(C)(C)C)c(C)c1CN[C@H](C)CO. The number of nitrogens with zero attached hydrogens (tertiary/aromatic N) is 2. The highest BCUT2D eigenvalue weighted by atomic mass is 16.3. The van der Waals surface area contributed by atoms with Crippen molar-refractivity contribution in [2.75, 3.05) is 6.61 Å². The van der Waals surface area contributed by atoms with Crippen LogP contribution in [0.15, 0.2) is 0 Å². The van der Waals surface area contributed by atoms with Crippen LogP contribution >= 0.6 is 0 Å². The highest BCUT2D eigenvalue weighted by Crippen LogP contribution is 2.21. The highest BCUT2D eigenvalue weighted by Gasteiger charge is 2.20. The molecule has 0 bridgehead atoms. The lowest BCUT2D eigenvalue weighted by atomic mass is 10.1. The molecule has 0 aromatic carbocycles. The second-order valence-corrected chi connectivity index (χ2v) is 5.70. The first-order valence-corrected chi connectivity index (χ1v) is 6.17. The van der Waals surface area contributed by atoms with Gasteiger partial charge in [0.1, 0.15) is 0 Å². The maximum atomic E-state index is 9.00. The summed E-state index contributed by atoms with van der Waals surface area (Å²) < 4.78 is 2.07. The first-order valence-electron chi connectivity index (χ1n) is 6.17. The third-order valence-electron chi connectivity index (χ3n) is 2.98. The third-order valence-corrected chi connectivity index (χ3v) is 2.98. The molecule has 0 unspecified atom stereocenters. The van der Waals surface area contributed by atoms with Crippen LogP contribution in [0.2, 0.25) is 0 Å². The van der Waals surface area contributed by atoms with Crippen molar-refractivity contribution in [3.63, 3.8) is 0 Å². The molecular weight excluding hydrogens is 214 g/mol. The number of aliphatic hydroxyl groups excluding tert-OH is 1. The van der Waals surface area contributed by atoms with Crippen molar-refractivity contribution in [1.82, 2.24) is 15.1 Å². The van der Waals surface area contributed by atoms with Crippen LogP contribution in [0.3, 0.4) is 0 Å². The molecule has 4 nitrogen and oxygen atoms in total. The topological polar surface area (TPSA) is 50.1 Å². The summed E-state index contributed by atoms with van der Waals surface area (Å²) in [6.45, 7) is 13.5. The Labute approximate surface area is 104 Å². The van der Waals surface area contributed by atoms with E-state index in [-0.39, 0.29) is 18.2 Å². The lowest BCUT2D eigenvalue weighted by molar-refractivity contribution is 0.251. The van der Waals surface area contributed by atoms with Gasteiger partial charge in [0, 0.05) is 23.8 Å². The molecular formula is C13H25N3O. The zero-order valence-electron chi connectivity index (χ0n) is 11.8. The average molecular weight is 239 g/mol. The van der Waals surface area contributed by atoms with E-state index in [0.717, 1.165) is 12.2 Å². The molecule has 1 rings (SSSR count). The quantitative estimate of drug-likeness (QED) is 0.841. The smallest absolute Gasteiger partial charge is 0.0641 e. The number of aliphatic hydroxyl groups is 1. The van der Waals surface area contributed by atoms with Crippen LogP contribution in [0, 0.1) is 13.8 Å². The van der Waals surface area contributed by atoms with Gasteiger partial charge in [0.25, 0.3) is 0 Å². The Kier molecular flexibility index (Phi) is 4.33. The van der Waals surface area contributed by atoms with Gasteiger partial charge in [-0.2, -0.15) is 5.10 Å². The first kappa shape index (κ1) is 14.2. The van der Waals surface area contributed by atoms with Crippen molar-refractivity contribution in [3.8, 4) is 0 Å². The molecule has 17 heavy (non-hydrogen) atoms. The van der Waals surface area contributed by atoms with E-state index in [2.05, 4.69) is 42.8 Å². The second kappa shape index (κ2) is 5.19. The van der Waals surface area contributed by atoms with E-state index >= 15 is 0 Å². The summed E-state index contributed by atoms with van der Waals surface area (Å²) in [5.74, 6) is 0. The van der Waals surface area contributed by atoms with Crippen molar-refractivity contribution in [2.24, 2.45) is 0 Å². The molecule has 0 fully saturated rings. The van der Waals surface area contributed by atoms with Gasteiger partial charge < -0.3 is 10.4 Å². The molecule has 0 spiro atoms. The number of nitrogens with one attached hydrogen (secondary N) is 1. The van der Waals surface area contributed by atoms with Crippen molar-refractivity contribution in [3.05, 3.63) is 17.0 Å². The highest BCUT2D eigenvalue weighted by molar-refractivity contribution is 5.25. The van der Waals surface area contributed by atoms with Gasteiger partial charge in [0.2, 0.25) is 0 Å². The molecule has 0 saturated heterocycles. The van der Waals surface area contributed by atoms with E-state index in [4.69, 9.17) is 5.11 Å². The Hall–Kier alpha value is -0.870. The van der Waals surface area contributed by atoms with Gasteiger partial charge in [-0.1, -0.05) is 0 Å². The Morgan fingerprint density at radius 1 is 1.35 bits per heavy atom. The predicted octanol–water partition coefficient (Wildman–Crippen LogP) is 1.73. The fourth-order valence-corrected chi connectivity index (χ4v) is 1.92. The fraction of sp³-hybridized carbons (Fsp3) is 0.769. The molecule has 0 aliphatic carbocycles. The third kappa shape index (κ3) is 3.30. The van der Waals surface area contributed by atoms with E-state index in [1.165, 1.54) is 11.3 Å². The molecule has 0 aliphatic rings. The summed E-state index contributed by atoms with van der Waals surface area (Å²) in [4.78, 5) is 0. The number of aromatic nitrogens is 2. The number of rotatable bonds is 4. The molecule has 1 aromatic rings. The van der Waals surface area contributed by atoms with Gasteiger partial charge in [-0.3, -0.25) is 4.68 Å². The second-order valence-electron chi connectivity index (χ2n) is 5.70. The summed E-state index contributed by atoms with van der Waals surface area (Å²) >= 11 is 0. The number of hydrogen-bond acceptors (Lipinski definition) is 3. The van der Waals surface area contributed by atoms with Crippen LogP contribution in [-0.2, 0) is 12.1 Å². The first-order chi connectivity index (χ1) is 7.77. The van der Waals surface area contributed by atoms with Crippen LogP contribution in [0.1, 0.15) is 44.6 Å². The summed E-state index contributed by atoms with van der Waals surface area (Å²) in [6, 6.07) is 0.117. The van der Waals surface area contributed by atoms with Crippen molar-refractivity contribution in [1.29, 1.82) is 0 Å². The van der Waals surface area contributed by atoms with Crippen LogP contribution in [-0.4, -0.2) is 27.5 Å². The van der Waals surface area contributed by atoms with Gasteiger partial charge >= 0.3 is 0 Å². The Morgan fingerprint density at radius 3 is 2.35 bits per heavy atom. The zero-order valence-corrected chi connectivity index (χ0v) is 11.8. The average Bonchev–Trinajstić information content (AvgIpc) is 2.51. The molecule has 0 radical (unpaired) electrons. The van der Waals surface area contributed by atoms with Crippen LogP contribution in [0.4, 0.5) is 0 Å². The molecule has 0 saturated carbocycles. The van der Waals surface area contributed by atoms with Crippen molar-refractivity contribution in [2.45, 2.75) is 59.7 Å². The van der Waals surface area contributed by atoms with Crippen molar-refractivity contribution < 1.29 is 5.11 Å². The Bertz CT molecular complexity index is 377. The molecule has 98 valence electrons. The zero-order chi connectivity index (χ0) is 13.2. The number of aryl methyl sites for hydroxylation is 1. The van der Waals surface area contributed by atoms with Crippen LogP contribution in [0.5, 0.6) is 0 Å². The maximum absolute atomic E-state index is 9.00. The van der Waals surface area contributed by atoms with Crippen molar-refractivity contribution >= 4 is 0 Å². The number of hydrogen-bond donors (Lipinski definition) is 2. The minimum atomic E-state index is 0.00961. The van der Waals surface area contributed by atoms with E-state index in [9.17, 15) is 0 Å². The molecule has 0 aliphatic heterocycles. The van der Waals surface area contributed by atoms with Gasteiger partial charge in [0.05, 0.1) is 17.8 Å². The Balaban J connectivity index is 2.90. The summed E-state index contributed by atoms with van der Waals surface area (Å²) in [5.41, 5.74) is 3.51. The lowest BCUT2D eigenvalue weighted by Crippen LogP contribution is -2.29. The standard InChI is InChI=1S/C13H25N3O/c1-9(8-17)14-7-12-10(2)15-16(11(12)3)13(4,5)6/h9,14,17H,7-8H2,1-6H3/t9-/m1/s1. The van der Waals surface area contributed by atoms with Gasteiger partial charge in [-0.15, -0.1) is 0 Å². The Morgan fingerprint density at radius 2 is 1.94 bits per heavy atom. The normalized spacial score (nSPS) is 14.1. The largest absolute Gasteiger partial charge is 0.395 e. The van der Waals surface area contributed by atoms with Crippen LogP contribution < -0.4 is 5.32 Å². The molecule has 1 aromatic heterocycles. The molecule has 0 amide bonds. The van der Waals surface area contributed by atoms with Gasteiger partial charge in [-0.25, -0.2) is 0 Å². The predicted molar refractivity (Wildman–Crippen MR) is 70.1 cm³/mol. The molecule has 4 heteroatoms. The molecule has 1 atom stereocenters. The van der Waals surface area contributed by atoms with Gasteiger partial charge in [-0.05, 0) is 41.5 Å². The minimum absolute atomic E-state index is 0.00961. The van der Waals surface area contributed by atoms with E-state index in [0.29, 0.717) is 0 Å².